The van der Waals surface area contributed by atoms with Crippen LogP contribution >= 0.6 is 0 Å². The van der Waals surface area contributed by atoms with Gasteiger partial charge in [-0.15, -0.1) is 0 Å². The molecule has 1 spiro atoms. The van der Waals surface area contributed by atoms with E-state index < -0.39 is 37.6 Å². The molecule has 2 aromatic carbocycles. The zero-order chi connectivity index (χ0) is 45.0. The molecule has 5 aromatic rings. The SMILES string of the molecule is O=C(NS(=O)(=O)c1cc([N+](=O)[O-])c2c(n1)OC[C@H](COC1CCCCC1)N2)c1ccc(N2CCC3(CC2)CC(N2CCC[C@@H]2c2ccccc2C2CC2)C3)cc1Oc1cnc2[nH]ccc2c1. The Morgan fingerprint density at radius 2 is 1.76 bits per heavy atom. The van der Waals surface area contributed by atoms with Crippen LogP contribution in [0.15, 0.2) is 78.1 Å². The molecule has 346 valence electrons. The number of nitrogens with one attached hydrogen (secondary N) is 3. The number of hydrogen-bond acceptors (Lipinski definition) is 13. The van der Waals surface area contributed by atoms with Gasteiger partial charge >= 0.3 is 5.69 Å². The van der Waals surface area contributed by atoms with E-state index in [-0.39, 0.29) is 42.2 Å². The van der Waals surface area contributed by atoms with Gasteiger partial charge in [0.05, 0.1) is 41.5 Å². The first kappa shape index (κ1) is 42.8. The average molecular weight is 917 g/mol. The summed E-state index contributed by atoms with van der Waals surface area (Å²) in [6.45, 7) is 3.17. The van der Waals surface area contributed by atoms with Crippen molar-refractivity contribution in [2.45, 2.75) is 119 Å². The molecule has 6 heterocycles. The van der Waals surface area contributed by atoms with Gasteiger partial charge in [-0.3, -0.25) is 19.8 Å². The summed E-state index contributed by atoms with van der Waals surface area (Å²) in [5.74, 6) is -0.0160. The Bertz CT molecular complexity index is 2760. The first-order valence-electron chi connectivity index (χ1n) is 23.7. The van der Waals surface area contributed by atoms with Gasteiger partial charge in [-0.25, -0.2) is 9.71 Å². The summed E-state index contributed by atoms with van der Waals surface area (Å²) in [6, 6.07) is 19.5. The number of aromatic amines is 1. The zero-order valence-electron chi connectivity index (χ0n) is 37.0. The van der Waals surface area contributed by atoms with Crippen molar-refractivity contribution >= 4 is 44.0 Å². The van der Waals surface area contributed by atoms with Crippen molar-refractivity contribution in [1.29, 1.82) is 0 Å². The molecule has 66 heavy (non-hydrogen) atoms. The Hall–Kier alpha value is -5.78. The van der Waals surface area contributed by atoms with Gasteiger partial charge in [0.15, 0.2) is 10.7 Å². The number of fused-ring (bicyclic) bond motifs is 2. The molecule has 17 heteroatoms. The second kappa shape index (κ2) is 17.5. The first-order valence-corrected chi connectivity index (χ1v) is 25.2. The van der Waals surface area contributed by atoms with E-state index in [1.807, 2.05) is 12.1 Å². The van der Waals surface area contributed by atoms with Crippen molar-refractivity contribution in [2.24, 2.45) is 5.41 Å². The number of pyridine rings is 2. The number of sulfonamides is 1. The normalized spacial score (nSPS) is 22.3. The Balaban J connectivity index is 0.791. The molecular formula is C49H56N8O8S. The number of ether oxygens (including phenoxy) is 3. The number of likely N-dealkylation sites (tertiary alicyclic amines) is 1. The summed E-state index contributed by atoms with van der Waals surface area (Å²) >= 11 is 0. The van der Waals surface area contributed by atoms with Gasteiger partial charge in [0, 0.05) is 48.5 Å². The minimum Gasteiger partial charge on any atom is -0.474 e. The second-order valence-electron chi connectivity index (χ2n) is 19.3. The molecule has 0 unspecified atom stereocenters. The van der Waals surface area contributed by atoms with Gasteiger partial charge in [0.25, 0.3) is 15.9 Å². The Morgan fingerprint density at radius 3 is 2.55 bits per heavy atom. The molecule has 6 aliphatic rings. The minimum absolute atomic E-state index is 0.0423. The number of carbonyl (C=O) groups is 1. The summed E-state index contributed by atoms with van der Waals surface area (Å²) in [7, 11) is -4.75. The molecule has 3 aliphatic heterocycles. The van der Waals surface area contributed by atoms with Crippen molar-refractivity contribution in [3.05, 3.63) is 99.9 Å². The molecule has 3 aromatic heterocycles. The summed E-state index contributed by atoms with van der Waals surface area (Å²) in [5.41, 5.74) is 4.30. The highest BCUT2D eigenvalue weighted by Crippen LogP contribution is 2.55. The molecule has 3 N–H and O–H groups in total. The Kier molecular flexibility index (Phi) is 11.3. The number of carbonyl (C=O) groups excluding carboxylic acids is 1. The minimum atomic E-state index is -4.75. The number of rotatable bonds is 13. The first-order chi connectivity index (χ1) is 32.1. The van der Waals surface area contributed by atoms with Crippen LogP contribution in [0.25, 0.3) is 11.0 Å². The molecular weight excluding hydrogens is 861 g/mol. The van der Waals surface area contributed by atoms with Crippen LogP contribution < -0.4 is 24.4 Å². The lowest BCUT2D eigenvalue weighted by atomic mass is 9.59. The van der Waals surface area contributed by atoms with Gasteiger partial charge < -0.3 is 29.4 Å². The Labute approximate surface area is 384 Å². The predicted octanol–water partition coefficient (Wildman–Crippen LogP) is 8.76. The summed E-state index contributed by atoms with van der Waals surface area (Å²) in [5, 5.41) is 15.4. The molecule has 16 nitrogen and oxygen atoms in total. The van der Waals surface area contributed by atoms with E-state index in [0.717, 1.165) is 74.7 Å². The van der Waals surface area contributed by atoms with Crippen LogP contribution in [-0.2, 0) is 14.8 Å². The number of nitrogens with zero attached hydrogens (tertiary/aromatic N) is 5. The number of amides is 1. The quantitative estimate of drug-likeness (QED) is 0.0750. The maximum atomic E-state index is 14.1. The molecule has 2 atom stereocenters. The Morgan fingerprint density at radius 1 is 0.955 bits per heavy atom. The summed E-state index contributed by atoms with van der Waals surface area (Å²) in [6.07, 6.45) is 18.4. The second-order valence-corrected chi connectivity index (χ2v) is 20.9. The lowest BCUT2D eigenvalue weighted by Crippen LogP contribution is -2.54. The van der Waals surface area contributed by atoms with Gasteiger partial charge in [0.2, 0.25) is 5.88 Å². The van der Waals surface area contributed by atoms with Crippen LogP contribution in [0.5, 0.6) is 17.4 Å². The van der Waals surface area contributed by atoms with Crippen LogP contribution in [0.4, 0.5) is 17.1 Å². The summed E-state index contributed by atoms with van der Waals surface area (Å²) in [4.78, 5) is 42.4. The van der Waals surface area contributed by atoms with E-state index >= 15 is 0 Å². The number of anilines is 2. The van der Waals surface area contributed by atoms with Crippen LogP contribution in [0.2, 0.25) is 0 Å². The van der Waals surface area contributed by atoms with E-state index in [1.165, 1.54) is 57.7 Å². The van der Waals surface area contributed by atoms with Gasteiger partial charge in [-0.2, -0.15) is 13.4 Å². The highest BCUT2D eigenvalue weighted by atomic mass is 32.2. The van der Waals surface area contributed by atoms with E-state index in [9.17, 15) is 23.3 Å². The fourth-order valence-corrected chi connectivity index (χ4v) is 12.2. The number of benzene rings is 2. The third-order valence-corrected chi connectivity index (χ3v) is 16.2. The van der Waals surface area contributed by atoms with Gasteiger partial charge in [-0.05, 0) is 117 Å². The molecule has 1 amide bonds. The lowest BCUT2D eigenvalue weighted by Gasteiger charge is -2.56. The molecule has 0 radical (unpaired) electrons. The van der Waals surface area contributed by atoms with Crippen molar-refractivity contribution in [2.75, 3.05) is 43.1 Å². The number of piperidine rings is 1. The molecule has 3 aliphatic carbocycles. The van der Waals surface area contributed by atoms with Crippen molar-refractivity contribution < 1.29 is 32.3 Å². The average Bonchev–Trinajstić information content (AvgIpc) is 3.87. The number of hydrogen-bond donors (Lipinski definition) is 3. The highest BCUT2D eigenvalue weighted by molar-refractivity contribution is 7.90. The summed E-state index contributed by atoms with van der Waals surface area (Å²) < 4.78 is 48.1. The van der Waals surface area contributed by atoms with Crippen molar-refractivity contribution in [3.63, 3.8) is 0 Å². The van der Waals surface area contributed by atoms with Gasteiger partial charge in [-0.1, -0.05) is 43.5 Å². The third-order valence-electron chi connectivity index (χ3n) is 15.0. The maximum absolute atomic E-state index is 14.1. The number of H-pyrrole nitrogens is 1. The molecule has 0 bridgehead atoms. The van der Waals surface area contributed by atoms with E-state index in [0.29, 0.717) is 28.9 Å². The van der Waals surface area contributed by atoms with Crippen LogP contribution in [0.1, 0.15) is 117 Å². The van der Waals surface area contributed by atoms with Crippen LogP contribution in [0.3, 0.4) is 0 Å². The number of aromatic nitrogens is 3. The lowest BCUT2D eigenvalue weighted by molar-refractivity contribution is -0.384. The largest absolute Gasteiger partial charge is 0.474 e. The third kappa shape index (κ3) is 8.56. The maximum Gasteiger partial charge on any atom is 0.300 e. The van der Waals surface area contributed by atoms with E-state index in [4.69, 9.17) is 14.2 Å². The predicted molar refractivity (Wildman–Crippen MR) is 248 cm³/mol. The molecule has 5 fully saturated rings. The monoisotopic (exact) mass is 916 g/mol. The fraction of sp³-hybridized carbons (Fsp3) is 0.490. The molecule has 3 saturated carbocycles. The topological polar surface area (TPSA) is 194 Å². The molecule has 2 saturated heterocycles. The van der Waals surface area contributed by atoms with Crippen molar-refractivity contribution in [3.8, 4) is 17.4 Å². The van der Waals surface area contributed by atoms with E-state index in [1.54, 1.807) is 35.5 Å². The number of nitro groups is 1. The standard InChI is InChI=1S/C49H56N8O8S/c58-47(54-66(61,62)44-25-42(57(59)60)45-48(53-44)64-30-33(52-45)29-63-36-7-2-1-3-8-36)40-15-14-34(24-43(40)65-37-23-32-16-19-50-46(32)51-28-37)55-21-17-49(18-22-55)26-35(27-49)56-20-6-11-41(56)39-10-5-4-9-38(39)31-12-13-31/h4-5,9-10,14-16,19,23-25,28,31,33,35-36,41,52H,1-3,6-8,11-13,17-18,20-22,26-27,29-30H2,(H,50,51)(H,54,58)/t33-,41+/m0/s1. The van der Waals surface area contributed by atoms with Gasteiger partial charge in [0.1, 0.15) is 23.8 Å². The van der Waals surface area contributed by atoms with Crippen molar-refractivity contribution in [1.82, 2.24) is 24.6 Å². The van der Waals surface area contributed by atoms with E-state index in [2.05, 4.69) is 59.1 Å². The fourth-order valence-electron chi connectivity index (χ4n) is 11.3. The molecule has 11 rings (SSSR count). The highest BCUT2D eigenvalue weighted by Gasteiger charge is 2.50. The smallest absolute Gasteiger partial charge is 0.300 e. The van der Waals surface area contributed by atoms with Crippen LogP contribution in [-0.4, -0.2) is 90.1 Å². The van der Waals surface area contributed by atoms with Crippen LogP contribution in [0, 0.1) is 15.5 Å². The zero-order valence-corrected chi connectivity index (χ0v) is 37.8.